The highest BCUT2D eigenvalue weighted by Gasteiger charge is 2.17. The predicted octanol–water partition coefficient (Wildman–Crippen LogP) is 1.24. The van der Waals surface area contributed by atoms with E-state index in [4.69, 9.17) is 8.85 Å². The molecule has 0 atom stereocenters. The van der Waals surface area contributed by atoms with Gasteiger partial charge < -0.3 is 8.85 Å². The van der Waals surface area contributed by atoms with Crippen LogP contribution in [-0.2, 0) is 15.3 Å². The molecule has 1 radical (unpaired) electrons. The van der Waals surface area contributed by atoms with Crippen LogP contribution in [0.1, 0.15) is 12.5 Å². The maximum atomic E-state index is 5.31. The third-order valence-electron chi connectivity index (χ3n) is 1.99. The molecule has 0 unspecified atom stereocenters. The zero-order valence-corrected chi connectivity index (χ0v) is 9.33. The van der Waals surface area contributed by atoms with E-state index in [0.29, 0.717) is 0 Å². The van der Waals surface area contributed by atoms with Gasteiger partial charge in [-0.1, -0.05) is 31.2 Å². The van der Waals surface area contributed by atoms with Crippen LogP contribution in [0.2, 0.25) is 0 Å². The molecule has 0 amide bonds. The van der Waals surface area contributed by atoms with Gasteiger partial charge in [0.25, 0.3) is 0 Å². The van der Waals surface area contributed by atoms with Crippen molar-refractivity contribution in [2.45, 2.75) is 13.3 Å². The summed E-state index contributed by atoms with van der Waals surface area (Å²) < 4.78 is 10.6. The Hall–Kier alpha value is -0.643. The summed E-state index contributed by atoms with van der Waals surface area (Å²) in [5.41, 5.74) is 1.32. The lowest BCUT2D eigenvalue weighted by Crippen LogP contribution is -2.37. The Bertz CT molecular complexity index is 259. The van der Waals surface area contributed by atoms with Crippen molar-refractivity contribution in [2.75, 3.05) is 14.2 Å². The molecule has 0 spiro atoms. The van der Waals surface area contributed by atoms with Crippen molar-refractivity contribution in [3.63, 3.8) is 0 Å². The van der Waals surface area contributed by atoms with Gasteiger partial charge in [0.15, 0.2) is 0 Å². The molecule has 0 heterocycles. The molecule has 1 aromatic carbocycles. The minimum atomic E-state index is -1.24. The standard InChI is InChI=1S/C10H15O2Si/c1-4-9-7-5-6-8-10(9)13(11-2)12-3/h5-8H,4H2,1-3H3. The zero-order chi connectivity index (χ0) is 9.68. The number of rotatable bonds is 4. The summed E-state index contributed by atoms with van der Waals surface area (Å²) >= 11 is 0. The number of aryl methyl sites for hydroxylation is 1. The average Bonchev–Trinajstić information content (AvgIpc) is 2.20. The molecule has 71 valence electrons. The summed E-state index contributed by atoms with van der Waals surface area (Å²) in [5.74, 6) is 0. The van der Waals surface area contributed by atoms with Gasteiger partial charge >= 0.3 is 9.28 Å². The van der Waals surface area contributed by atoms with E-state index >= 15 is 0 Å². The van der Waals surface area contributed by atoms with Crippen LogP contribution in [0.15, 0.2) is 24.3 Å². The molecule has 3 heteroatoms. The van der Waals surface area contributed by atoms with Gasteiger partial charge in [0, 0.05) is 14.2 Å². The minimum Gasteiger partial charge on any atom is -0.393 e. The second-order valence-corrected chi connectivity index (χ2v) is 4.64. The van der Waals surface area contributed by atoms with Crippen molar-refractivity contribution >= 4 is 14.5 Å². The Kier molecular flexibility index (Phi) is 4.15. The third kappa shape index (κ3) is 2.40. The molecule has 0 saturated carbocycles. The highest BCUT2D eigenvalue weighted by molar-refractivity contribution is 6.61. The molecule has 0 N–H and O–H groups in total. The summed E-state index contributed by atoms with van der Waals surface area (Å²) in [7, 11) is 2.15. The molecule has 0 saturated heterocycles. The van der Waals surface area contributed by atoms with Gasteiger partial charge in [0.05, 0.1) is 0 Å². The van der Waals surface area contributed by atoms with Crippen molar-refractivity contribution in [3.8, 4) is 0 Å². The molecule has 1 rings (SSSR count). The smallest absolute Gasteiger partial charge is 0.393 e. The maximum Gasteiger partial charge on any atom is 0.423 e. The van der Waals surface area contributed by atoms with Gasteiger partial charge in [0.2, 0.25) is 0 Å². The summed E-state index contributed by atoms with van der Waals surface area (Å²) in [5, 5.41) is 1.22. The van der Waals surface area contributed by atoms with Crippen molar-refractivity contribution < 1.29 is 8.85 Å². The van der Waals surface area contributed by atoms with E-state index in [1.165, 1.54) is 10.8 Å². The number of benzene rings is 1. The third-order valence-corrected chi connectivity index (χ3v) is 3.66. The molecule has 0 aromatic heterocycles. The van der Waals surface area contributed by atoms with E-state index in [-0.39, 0.29) is 0 Å². The van der Waals surface area contributed by atoms with Gasteiger partial charge in [0.1, 0.15) is 0 Å². The first-order valence-electron chi connectivity index (χ1n) is 4.36. The molecule has 0 aliphatic carbocycles. The van der Waals surface area contributed by atoms with Crippen LogP contribution in [0, 0.1) is 0 Å². The van der Waals surface area contributed by atoms with E-state index in [0.717, 1.165) is 6.42 Å². The van der Waals surface area contributed by atoms with E-state index in [9.17, 15) is 0 Å². The molecule has 0 bridgehead atoms. The van der Waals surface area contributed by atoms with E-state index < -0.39 is 9.28 Å². The van der Waals surface area contributed by atoms with Gasteiger partial charge in [-0.25, -0.2) is 0 Å². The van der Waals surface area contributed by atoms with Gasteiger partial charge in [-0.05, 0) is 17.2 Å². The Morgan fingerprint density at radius 2 is 1.77 bits per heavy atom. The van der Waals surface area contributed by atoms with Crippen LogP contribution in [0.3, 0.4) is 0 Å². The van der Waals surface area contributed by atoms with Crippen molar-refractivity contribution in [1.82, 2.24) is 0 Å². The summed E-state index contributed by atoms with van der Waals surface area (Å²) in [6.07, 6.45) is 1.02. The fraction of sp³-hybridized carbons (Fsp3) is 0.400. The summed E-state index contributed by atoms with van der Waals surface area (Å²) in [6.45, 7) is 2.14. The zero-order valence-electron chi connectivity index (χ0n) is 8.33. The molecular weight excluding hydrogens is 180 g/mol. The van der Waals surface area contributed by atoms with Crippen molar-refractivity contribution in [3.05, 3.63) is 29.8 Å². The van der Waals surface area contributed by atoms with Gasteiger partial charge in [-0.15, -0.1) is 0 Å². The Morgan fingerprint density at radius 1 is 1.15 bits per heavy atom. The first kappa shape index (κ1) is 10.4. The Labute approximate surface area is 81.3 Å². The normalized spacial score (nSPS) is 10.8. The summed E-state index contributed by atoms with van der Waals surface area (Å²) in [6, 6.07) is 8.28. The van der Waals surface area contributed by atoms with Crippen LogP contribution in [0.5, 0.6) is 0 Å². The second kappa shape index (κ2) is 5.17. The Morgan fingerprint density at radius 3 is 2.31 bits per heavy atom. The van der Waals surface area contributed by atoms with Gasteiger partial charge in [-0.3, -0.25) is 0 Å². The maximum absolute atomic E-state index is 5.31. The van der Waals surface area contributed by atoms with Crippen LogP contribution >= 0.6 is 0 Å². The fourth-order valence-corrected chi connectivity index (χ4v) is 2.69. The SMILES string of the molecule is CCc1ccccc1[Si](OC)OC. The van der Waals surface area contributed by atoms with Gasteiger partial charge in [-0.2, -0.15) is 0 Å². The first-order valence-corrected chi connectivity index (χ1v) is 5.68. The Balaban J connectivity index is 2.96. The largest absolute Gasteiger partial charge is 0.423 e. The lowest BCUT2D eigenvalue weighted by atomic mass is 10.2. The number of hydrogen-bond acceptors (Lipinski definition) is 2. The minimum absolute atomic E-state index is 1.02. The van der Waals surface area contributed by atoms with Crippen molar-refractivity contribution in [1.29, 1.82) is 0 Å². The lowest BCUT2D eigenvalue weighted by Gasteiger charge is -2.12. The van der Waals surface area contributed by atoms with E-state index in [1.54, 1.807) is 14.2 Å². The molecule has 0 aliphatic rings. The lowest BCUT2D eigenvalue weighted by molar-refractivity contribution is 0.291. The van der Waals surface area contributed by atoms with Crippen LogP contribution in [-0.4, -0.2) is 23.5 Å². The monoisotopic (exact) mass is 195 g/mol. The fourth-order valence-electron chi connectivity index (χ4n) is 1.33. The van der Waals surface area contributed by atoms with E-state index in [1.807, 2.05) is 12.1 Å². The summed E-state index contributed by atoms with van der Waals surface area (Å²) in [4.78, 5) is 0. The first-order chi connectivity index (χ1) is 6.33. The topological polar surface area (TPSA) is 18.5 Å². The van der Waals surface area contributed by atoms with Crippen molar-refractivity contribution in [2.24, 2.45) is 0 Å². The van der Waals surface area contributed by atoms with E-state index in [2.05, 4.69) is 19.1 Å². The predicted molar refractivity (Wildman–Crippen MR) is 55.2 cm³/mol. The molecular formula is C10H15O2Si. The van der Waals surface area contributed by atoms with Crippen LogP contribution in [0.25, 0.3) is 0 Å². The molecule has 0 aliphatic heterocycles. The number of hydrogen-bond donors (Lipinski definition) is 0. The van der Waals surface area contributed by atoms with Crippen LogP contribution in [0.4, 0.5) is 0 Å². The molecule has 1 aromatic rings. The quantitative estimate of drug-likeness (QED) is 0.673. The highest BCUT2D eigenvalue weighted by Crippen LogP contribution is 2.00. The van der Waals surface area contributed by atoms with Crippen LogP contribution < -0.4 is 5.19 Å². The molecule has 2 nitrogen and oxygen atoms in total. The molecule has 13 heavy (non-hydrogen) atoms. The highest BCUT2D eigenvalue weighted by atomic mass is 28.3. The molecule has 0 fully saturated rings. The second-order valence-electron chi connectivity index (χ2n) is 2.71. The average molecular weight is 195 g/mol.